The zero-order valence-electron chi connectivity index (χ0n) is 21.6. The molecule has 4 rings (SSSR count). The van der Waals surface area contributed by atoms with Crippen molar-refractivity contribution in [3.8, 4) is 11.5 Å². The van der Waals surface area contributed by atoms with Gasteiger partial charge in [0.05, 0.1) is 10.6 Å². The molecule has 0 aromatic heterocycles. The SMILES string of the molecule is CCNc1ccc(/N=N/c2ccc([N+](=O)[O-])cc2)c(Oc2cccc3cc(N(CC)CC)ccc23)c1C. The van der Waals surface area contributed by atoms with Crippen molar-refractivity contribution < 1.29 is 9.66 Å². The molecule has 0 amide bonds. The highest BCUT2D eigenvalue weighted by Gasteiger charge is 2.15. The van der Waals surface area contributed by atoms with E-state index in [1.807, 2.05) is 38.1 Å². The highest BCUT2D eigenvalue weighted by Crippen LogP contribution is 2.42. The molecule has 0 radical (unpaired) electrons. The first kappa shape index (κ1) is 25.6. The van der Waals surface area contributed by atoms with E-state index >= 15 is 0 Å². The van der Waals surface area contributed by atoms with Crippen molar-refractivity contribution >= 4 is 39.2 Å². The third kappa shape index (κ3) is 5.69. The molecule has 0 saturated heterocycles. The predicted octanol–water partition coefficient (Wildman–Crippen LogP) is 8.54. The third-order valence-corrected chi connectivity index (χ3v) is 6.25. The van der Waals surface area contributed by atoms with Gasteiger partial charge in [-0.2, -0.15) is 5.11 Å². The van der Waals surface area contributed by atoms with Crippen LogP contribution >= 0.6 is 0 Å². The summed E-state index contributed by atoms with van der Waals surface area (Å²) in [6, 6.07) is 22.2. The Morgan fingerprint density at radius 1 is 0.946 bits per heavy atom. The number of benzene rings is 4. The van der Waals surface area contributed by atoms with Crippen molar-refractivity contribution in [2.75, 3.05) is 29.9 Å². The molecule has 0 spiro atoms. The number of nitro groups is 1. The number of rotatable bonds is 10. The highest BCUT2D eigenvalue weighted by atomic mass is 16.6. The molecule has 0 fully saturated rings. The molecule has 0 aliphatic heterocycles. The Balaban J connectivity index is 1.73. The minimum Gasteiger partial charge on any atom is -0.454 e. The Morgan fingerprint density at radius 3 is 2.38 bits per heavy atom. The number of ether oxygens (including phenoxy) is 1. The van der Waals surface area contributed by atoms with Crippen LogP contribution < -0.4 is 15.0 Å². The summed E-state index contributed by atoms with van der Waals surface area (Å²) in [5, 5.41) is 25.2. The number of non-ortho nitro benzene ring substituents is 1. The lowest BCUT2D eigenvalue weighted by atomic mass is 10.1. The molecule has 8 heteroatoms. The van der Waals surface area contributed by atoms with Gasteiger partial charge in [0.2, 0.25) is 0 Å². The van der Waals surface area contributed by atoms with Gasteiger partial charge in [-0.15, -0.1) is 5.11 Å². The van der Waals surface area contributed by atoms with Gasteiger partial charge in [-0.25, -0.2) is 0 Å². The van der Waals surface area contributed by atoms with Gasteiger partial charge in [-0.1, -0.05) is 12.1 Å². The normalized spacial score (nSPS) is 11.1. The maximum absolute atomic E-state index is 10.9. The van der Waals surface area contributed by atoms with Crippen LogP contribution in [0.1, 0.15) is 26.3 Å². The van der Waals surface area contributed by atoms with E-state index < -0.39 is 4.92 Å². The average molecular weight is 498 g/mol. The monoisotopic (exact) mass is 497 g/mol. The Morgan fingerprint density at radius 2 is 1.70 bits per heavy atom. The number of hydrogen-bond donors (Lipinski definition) is 1. The summed E-state index contributed by atoms with van der Waals surface area (Å²) in [6.45, 7) is 11.0. The van der Waals surface area contributed by atoms with E-state index in [0.717, 1.165) is 47.4 Å². The van der Waals surface area contributed by atoms with Gasteiger partial charge in [0, 0.05) is 54.1 Å². The summed E-state index contributed by atoms with van der Waals surface area (Å²) in [5.74, 6) is 1.33. The summed E-state index contributed by atoms with van der Waals surface area (Å²) >= 11 is 0. The summed E-state index contributed by atoms with van der Waals surface area (Å²) in [7, 11) is 0. The van der Waals surface area contributed by atoms with Crippen molar-refractivity contribution in [2.24, 2.45) is 10.2 Å². The minimum atomic E-state index is -0.440. The van der Waals surface area contributed by atoms with Crippen LogP contribution in [-0.2, 0) is 0 Å². The molecule has 0 aliphatic carbocycles. The molecule has 0 bridgehead atoms. The zero-order valence-corrected chi connectivity index (χ0v) is 21.6. The molecule has 1 N–H and O–H groups in total. The number of nitro benzene ring substituents is 1. The number of azo groups is 1. The van der Waals surface area contributed by atoms with Crippen LogP contribution in [0, 0.1) is 17.0 Å². The van der Waals surface area contributed by atoms with Gasteiger partial charge in [0.25, 0.3) is 5.69 Å². The molecule has 0 heterocycles. The van der Waals surface area contributed by atoms with Crippen LogP contribution in [0.3, 0.4) is 0 Å². The molecule has 0 atom stereocenters. The van der Waals surface area contributed by atoms with Crippen molar-refractivity contribution in [1.82, 2.24) is 0 Å². The fourth-order valence-corrected chi connectivity index (χ4v) is 4.25. The molecule has 0 saturated carbocycles. The van der Waals surface area contributed by atoms with E-state index in [1.54, 1.807) is 12.1 Å². The van der Waals surface area contributed by atoms with Crippen molar-refractivity contribution in [1.29, 1.82) is 0 Å². The number of fused-ring (bicyclic) bond motifs is 1. The topological polar surface area (TPSA) is 92.4 Å². The zero-order chi connectivity index (χ0) is 26.4. The first-order valence-electron chi connectivity index (χ1n) is 12.4. The van der Waals surface area contributed by atoms with Gasteiger partial charge in [0.15, 0.2) is 5.75 Å². The molecule has 0 aliphatic rings. The van der Waals surface area contributed by atoms with Crippen LogP contribution in [0.15, 0.2) is 83.0 Å². The Bertz CT molecular complexity index is 1430. The first-order valence-corrected chi connectivity index (χ1v) is 12.4. The molecule has 37 heavy (non-hydrogen) atoms. The summed E-state index contributed by atoms with van der Waals surface area (Å²) in [5.41, 5.74) is 4.13. The van der Waals surface area contributed by atoms with E-state index in [0.29, 0.717) is 17.1 Å². The fourth-order valence-electron chi connectivity index (χ4n) is 4.25. The quantitative estimate of drug-likeness (QED) is 0.135. The number of hydrogen-bond acceptors (Lipinski definition) is 7. The van der Waals surface area contributed by atoms with Crippen LogP contribution in [-0.4, -0.2) is 24.6 Å². The van der Waals surface area contributed by atoms with Gasteiger partial charge in [0.1, 0.15) is 11.4 Å². The molecule has 8 nitrogen and oxygen atoms in total. The lowest BCUT2D eigenvalue weighted by Crippen LogP contribution is -2.21. The van der Waals surface area contributed by atoms with E-state index in [1.165, 1.54) is 17.8 Å². The largest absolute Gasteiger partial charge is 0.454 e. The van der Waals surface area contributed by atoms with Crippen molar-refractivity contribution in [3.63, 3.8) is 0 Å². The molecule has 0 unspecified atom stereocenters. The highest BCUT2D eigenvalue weighted by molar-refractivity contribution is 5.91. The molecular formula is C29H31N5O3. The summed E-state index contributed by atoms with van der Waals surface area (Å²) in [4.78, 5) is 12.8. The second-order valence-electron chi connectivity index (χ2n) is 8.53. The van der Waals surface area contributed by atoms with Crippen LogP contribution in [0.4, 0.5) is 28.4 Å². The lowest BCUT2D eigenvalue weighted by molar-refractivity contribution is -0.384. The van der Waals surface area contributed by atoms with Crippen LogP contribution in [0.25, 0.3) is 10.8 Å². The molecule has 4 aromatic carbocycles. The molecule has 190 valence electrons. The van der Waals surface area contributed by atoms with Crippen LogP contribution in [0.2, 0.25) is 0 Å². The third-order valence-electron chi connectivity index (χ3n) is 6.25. The maximum atomic E-state index is 10.9. The number of nitrogens with one attached hydrogen (secondary N) is 1. The van der Waals surface area contributed by atoms with E-state index in [-0.39, 0.29) is 5.69 Å². The Labute approximate surface area is 216 Å². The Hall–Kier alpha value is -4.46. The van der Waals surface area contributed by atoms with Gasteiger partial charge in [-0.3, -0.25) is 10.1 Å². The van der Waals surface area contributed by atoms with E-state index in [4.69, 9.17) is 4.74 Å². The van der Waals surface area contributed by atoms with Gasteiger partial charge in [-0.05, 0) is 81.6 Å². The minimum absolute atomic E-state index is 0.00826. The van der Waals surface area contributed by atoms with E-state index in [2.05, 4.69) is 58.6 Å². The van der Waals surface area contributed by atoms with E-state index in [9.17, 15) is 10.1 Å². The predicted molar refractivity (Wildman–Crippen MR) is 150 cm³/mol. The van der Waals surface area contributed by atoms with Gasteiger partial charge < -0.3 is 15.0 Å². The summed E-state index contributed by atoms with van der Waals surface area (Å²) < 4.78 is 6.54. The smallest absolute Gasteiger partial charge is 0.269 e. The Kier molecular flexibility index (Phi) is 7.98. The average Bonchev–Trinajstić information content (AvgIpc) is 2.91. The second-order valence-corrected chi connectivity index (χ2v) is 8.53. The lowest BCUT2D eigenvalue weighted by Gasteiger charge is -2.22. The fraction of sp³-hybridized carbons (Fsp3) is 0.241. The standard InChI is InChI=1S/C29H31N5O3/c1-5-30-26-17-18-27(32-31-22-11-13-23(14-12-22)34(35)36)29(20(26)4)37-28-10-8-9-21-19-24(15-16-25(21)28)33(6-2)7-3/h8-19,30H,5-7H2,1-4H3/b32-31+. The summed E-state index contributed by atoms with van der Waals surface area (Å²) in [6.07, 6.45) is 0. The second kappa shape index (κ2) is 11.5. The number of anilines is 2. The number of nitrogens with zero attached hydrogens (tertiary/aromatic N) is 4. The maximum Gasteiger partial charge on any atom is 0.269 e. The van der Waals surface area contributed by atoms with Crippen LogP contribution in [0.5, 0.6) is 11.5 Å². The van der Waals surface area contributed by atoms with Gasteiger partial charge >= 0.3 is 0 Å². The molecular weight excluding hydrogens is 466 g/mol. The molecule has 4 aromatic rings. The first-order chi connectivity index (χ1) is 17.9. The van der Waals surface area contributed by atoms with Crippen molar-refractivity contribution in [3.05, 3.63) is 88.5 Å². The van der Waals surface area contributed by atoms with Crippen molar-refractivity contribution in [2.45, 2.75) is 27.7 Å².